The standard InChI is InChI=1S/C21H26FN3O2/c1-16(2)27-18-9-7-17(8-10-18)23-21(26)15-24-11-13-25(14-12-24)20-6-4-3-5-19(20)22/h3-10,16H,11-15H2,1-2H3,(H,23,26). The van der Waals surface area contributed by atoms with Crippen molar-refractivity contribution in [3.05, 3.63) is 54.3 Å². The van der Waals surface area contributed by atoms with E-state index in [1.54, 1.807) is 12.1 Å². The number of benzene rings is 2. The molecule has 2 aromatic rings. The van der Waals surface area contributed by atoms with E-state index in [0.717, 1.165) is 24.5 Å². The molecule has 2 aromatic carbocycles. The lowest BCUT2D eigenvalue weighted by Crippen LogP contribution is -2.48. The largest absolute Gasteiger partial charge is 0.491 e. The van der Waals surface area contributed by atoms with Crippen LogP contribution in [0.3, 0.4) is 0 Å². The third-order valence-corrected chi connectivity index (χ3v) is 4.44. The van der Waals surface area contributed by atoms with Gasteiger partial charge in [-0.3, -0.25) is 9.69 Å². The lowest BCUT2D eigenvalue weighted by molar-refractivity contribution is -0.117. The molecule has 6 heteroatoms. The topological polar surface area (TPSA) is 44.8 Å². The molecule has 27 heavy (non-hydrogen) atoms. The van der Waals surface area contributed by atoms with Crippen LogP contribution in [0.4, 0.5) is 15.8 Å². The fourth-order valence-corrected chi connectivity index (χ4v) is 3.15. The number of carbonyl (C=O) groups excluding carboxylic acids is 1. The van der Waals surface area contributed by atoms with Gasteiger partial charge in [0.15, 0.2) is 0 Å². The van der Waals surface area contributed by atoms with E-state index in [9.17, 15) is 9.18 Å². The van der Waals surface area contributed by atoms with Gasteiger partial charge in [-0.1, -0.05) is 12.1 Å². The molecule has 1 heterocycles. The number of carbonyl (C=O) groups is 1. The SMILES string of the molecule is CC(C)Oc1ccc(NC(=O)CN2CCN(c3ccccc3F)CC2)cc1. The Bertz CT molecular complexity index is 756. The molecule has 0 spiro atoms. The summed E-state index contributed by atoms with van der Waals surface area (Å²) in [7, 11) is 0. The van der Waals surface area contributed by atoms with Gasteiger partial charge in [0.1, 0.15) is 11.6 Å². The van der Waals surface area contributed by atoms with Crippen molar-refractivity contribution in [1.29, 1.82) is 0 Å². The predicted molar refractivity (Wildman–Crippen MR) is 106 cm³/mol. The van der Waals surface area contributed by atoms with Crippen molar-refractivity contribution < 1.29 is 13.9 Å². The fourth-order valence-electron chi connectivity index (χ4n) is 3.15. The van der Waals surface area contributed by atoms with Gasteiger partial charge in [0.25, 0.3) is 0 Å². The Morgan fingerprint density at radius 2 is 1.74 bits per heavy atom. The maximum atomic E-state index is 13.9. The second kappa shape index (κ2) is 8.86. The molecule has 1 fully saturated rings. The lowest BCUT2D eigenvalue weighted by atomic mass is 10.2. The van der Waals surface area contributed by atoms with Crippen LogP contribution in [0.2, 0.25) is 0 Å². The minimum atomic E-state index is -0.200. The first-order chi connectivity index (χ1) is 13.0. The summed E-state index contributed by atoms with van der Waals surface area (Å²) >= 11 is 0. The van der Waals surface area contributed by atoms with Crippen molar-refractivity contribution in [2.75, 3.05) is 42.9 Å². The maximum Gasteiger partial charge on any atom is 0.238 e. The van der Waals surface area contributed by atoms with Crippen molar-refractivity contribution in [1.82, 2.24) is 4.90 Å². The summed E-state index contributed by atoms with van der Waals surface area (Å²) < 4.78 is 19.5. The first kappa shape index (κ1) is 19.2. The Morgan fingerprint density at radius 3 is 2.37 bits per heavy atom. The fraction of sp³-hybridized carbons (Fsp3) is 0.381. The van der Waals surface area contributed by atoms with Crippen LogP contribution in [0.15, 0.2) is 48.5 Å². The molecule has 0 bridgehead atoms. The van der Waals surface area contributed by atoms with Crippen LogP contribution in [-0.2, 0) is 4.79 Å². The zero-order valence-electron chi connectivity index (χ0n) is 15.8. The molecule has 0 atom stereocenters. The number of rotatable bonds is 6. The zero-order valence-corrected chi connectivity index (χ0v) is 15.8. The number of amides is 1. The van der Waals surface area contributed by atoms with E-state index < -0.39 is 0 Å². The Hall–Kier alpha value is -2.60. The van der Waals surface area contributed by atoms with Crippen molar-refractivity contribution in [3.63, 3.8) is 0 Å². The van der Waals surface area contributed by atoms with Crippen LogP contribution in [0, 0.1) is 5.82 Å². The van der Waals surface area contributed by atoms with Crippen molar-refractivity contribution in [2.45, 2.75) is 20.0 Å². The van der Waals surface area contributed by atoms with E-state index in [4.69, 9.17) is 4.74 Å². The number of ether oxygens (including phenoxy) is 1. The molecule has 1 aliphatic heterocycles. The normalized spacial score (nSPS) is 15.0. The lowest BCUT2D eigenvalue weighted by Gasteiger charge is -2.35. The van der Waals surface area contributed by atoms with Gasteiger partial charge >= 0.3 is 0 Å². The van der Waals surface area contributed by atoms with E-state index >= 15 is 0 Å². The highest BCUT2D eigenvalue weighted by Gasteiger charge is 2.20. The minimum absolute atomic E-state index is 0.0492. The number of anilines is 2. The summed E-state index contributed by atoms with van der Waals surface area (Å²) in [6, 6.07) is 14.2. The van der Waals surface area contributed by atoms with Gasteiger partial charge in [0.2, 0.25) is 5.91 Å². The first-order valence-electron chi connectivity index (χ1n) is 9.29. The summed E-state index contributed by atoms with van der Waals surface area (Å²) in [4.78, 5) is 16.4. The molecule has 1 N–H and O–H groups in total. The van der Waals surface area contributed by atoms with E-state index in [2.05, 4.69) is 10.2 Å². The smallest absolute Gasteiger partial charge is 0.238 e. The predicted octanol–water partition coefficient (Wildman–Crippen LogP) is 3.37. The van der Waals surface area contributed by atoms with Crippen LogP contribution in [0.5, 0.6) is 5.75 Å². The van der Waals surface area contributed by atoms with Gasteiger partial charge in [0, 0.05) is 31.9 Å². The number of halogens is 1. The highest BCUT2D eigenvalue weighted by molar-refractivity contribution is 5.92. The molecule has 0 aliphatic carbocycles. The quantitative estimate of drug-likeness (QED) is 0.846. The van der Waals surface area contributed by atoms with Gasteiger partial charge in [0.05, 0.1) is 18.3 Å². The van der Waals surface area contributed by atoms with Crippen molar-refractivity contribution in [3.8, 4) is 5.75 Å². The molecule has 144 valence electrons. The number of para-hydroxylation sites is 1. The molecule has 3 rings (SSSR count). The van der Waals surface area contributed by atoms with Gasteiger partial charge in [-0.25, -0.2) is 4.39 Å². The maximum absolute atomic E-state index is 13.9. The van der Waals surface area contributed by atoms with Crippen molar-refractivity contribution >= 4 is 17.3 Å². The van der Waals surface area contributed by atoms with E-state index in [-0.39, 0.29) is 17.8 Å². The van der Waals surface area contributed by atoms with Gasteiger partial charge in [-0.2, -0.15) is 0 Å². The Kier molecular flexibility index (Phi) is 6.29. The van der Waals surface area contributed by atoms with Gasteiger partial charge < -0.3 is 15.0 Å². The molecule has 0 unspecified atom stereocenters. The summed E-state index contributed by atoms with van der Waals surface area (Å²) in [6.07, 6.45) is 0.119. The van der Waals surface area contributed by atoms with Crippen LogP contribution in [0.1, 0.15) is 13.8 Å². The number of hydrogen-bond donors (Lipinski definition) is 1. The second-order valence-electron chi connectivity index (χ2n) is 6.95. The molecule has 1 saturated heterocycles. The van der Waals surface area contributed by atoms with Crippen LogP contribution < -0.4 is 15.0 Å². The molecule has 0 radical (unpaired) electrons. The molecular weight excluding hydrogens is 345 g/mol. The number of piperazine rings is 1. The van der Waals surface area contributed by atoms with Crippen LogP contribution in [-0.4, -0.2) is 49.6 Å². The minimum Gasteiger partial charge on any atom is -0.491 e. The molecule has 0 aromatic heterocycles. The molecule has 5 nitrogen and oxygen atoms in total. The molecule has 0 saturated carbocycles. The summed E-state index contributed by atoms with van der Waals surface area (Å²) in [5.74, 6) is 0.535. The molecular formula is C21H26FN3O2. The Balaban J connectivity index is 1.46. The highest BCUT2D eigenvalue weighted by Crippen LogP contribution is 2.20. The monoisotopic (exact) mass is 371 g/mol. The third kappa shape index (κ3) is 5.44. The third-order valence-electron chi connectivity index (χ3n) is 4.44. The van der Waals surface area contributed by atoms with E-state index in [1.165, 1.54) is 6.07 Å². The van der Waals surface area contributed by atoms with Crippen LogP contribution in [0.25, 0.3) is 0 Å². The highest BCUT2D eigenvalue weighted by atomic mass is 19.1. The second-order valence-corrected chi connectivity index (χ2v) is 6.95. The number of hydrogen-bond acceptors (Lipinski definition) is 4. The first-order valence-corrected chi connectivity index (χ1v) is 9.29. The summed E-state index contributed by atoms with van der Waals surface area (Å²) in [5, 5.41) is 2.91. The average Bonchev–Trinajstić information content (AvgIpc) is 2.64. The van der Waals surface area contributed by atoms with Crippen LogP contribution >= 0.6 is 0 Å². The average molecular weight is 371 g/mol. The zero-order chi connectivity index (χ0) is 19.2. The van der Waals surface area contributed by atoms with Crippen molar-refractivity contribution in [2.24, 2.45) is 0 Å². The molecule has 1 aliphatic rings. The Morgan fingerprint density at radius 1 is 1.07 bits per heavy atom. The summed E-state index contributed by atoms with van der Waals surface area (Å²) in [6.45, 7) is 7.13. The molecule has 1 amide bonds. The van der Waals surface area contributed by atoms with Gasteiger partial charge in [-0.15, -0.1) is 0 Å². The van der Waals surface area contributed by atoms with E-state index in [1.807, 2.05) is 49.1 Å². The number of nitrogens with zero attached hydrogens (tertiary/aromatic N) is 2. The van der Waals surface area contributed by atoms with E-state index in [0.29, 0.717) is 25.3 Å². The van der Waals surface area contributed by atoms with Gasteiger partial charge in [-0.05, 0) is 50.2 Å². The Labute approximate surface area is 159 Å². The number of nitrogens with one attached hydrogen (secondary N) is 1. The summed E-state index contributed by atoms with van der Waals surface area (Å²) in [5.41, 5.74) is 1.38.